The Labute approximate surface area is 140 Å². The summed E-state index contributed by atoms with van der Waals surface area (Å²) in [6.07, 6.45) is 5.57. The zero-order valence-electron chi connectivity index (χ0n) is 14.4. The van der Waals surface area contributed by atoms with E-state index in [1.54, 1.807) is 4.31 Å². The van der Waals surface area contributed by atoms with Crippen LogP contribution >= 0.6 is 0 Å². The minimum Gasteiger partial charge on any atom is -0.342 e. The van der Waals surface area contributed by atoms with E-state index in [1.165, 1.54) is 0 Å². The molecule has 5 nitrogen and oxygen atoms in total. The highest BCUT2D eigenvalue weighted by Crippen LogP contribution is 2.36. The first-order valence-corrected chi connectivity index (χ1v) is 10.7. The Hall–Kier alpha value is -0.620. The molecule has 2 heterocycles. The van der Waals surface area contributed by atoms with Gasteiger partial charge >= 0.3 is 0 Å². The molecule has 1 aliphatic carbocycles. The third kappa shape index (κ3) is 3.43. The van der Waals surface area contributed by atoms with Crippen LogP contribution in [-0.2, 0) is 14.8 Å². The summed E-state index contributed by atoms with van der Waals surface area (Å²) in [4.78, 5) is 14.4. The molecule has 0 spiro atoms. The third-order valence-corrected chi connectivity index (χ3v) is 8.32. The van der Waals surface area contributed by atoms with Gasteiger partial charge in [0.2, 0.25) is 15.9 Å². The number of likely N-dealkylation sites (tertiary alicyclic amines) is 1. The Bertz CT molecular complexity index is 542. The number of hydrogen-bond donors (Lipinski definition) is 0. The molecule has 23 heavy (non-hydrogen) atoms. The van der Waals surface area contributed by atoms with Crippen molar-refractivity contribution in [2.45, 2.75) is 57.6 Å². The average Bonchev–Trinajstić information content (AvgIpc) is 2.59. The van der Waals surface area contributed by atoms with Crippen molar-refractivity contribution in [2.24, 2.45) is 17.8 Å². The summed E-state index contributed by atoms with van der Waals surface area (Å²) in [6, 6.07) is 0. The molecule has 0 radical (unpaired) electrons. The molecule has 2 saturated heterocycles. The minimum absolute atomic E-state index is 0.200. The topological polar surface area (TPSA) is 57.7 Å². The van der Waals surface area contributed by atoms with Crippen LogP contribution in [0.4, 0.5) is 0 Å². The number of hydrogen-bond acceptors (Lipinski definition) is 3. The second kappa shape index (κ2) is 6.71. The quantitative estimate of drug-likeness (QED) is 0.786. The molecule has 132 valence electrons. The van der Waals surface area contributed by atoms with Crippen LogP contribution in [0.3, 0.4) is 0 Å². The Morgan fingerprint density at radius 3 is 2.43 bits per heavy atom. The molecule has 0 bridgehead atoms. The lowest BCUT2D eigenvalue weighted by Gasteiger charge is -2.31. The highest BCUT2D eigenvalue weighted by molar-refractivity contribution is 7.90. The molecule has 0 aromatic heterocycles. The van der Waals surface area contributed by atoms with Crippen LogP contribution < -0.4 is 0 Å². The predicted molar refractivity (Wildman–Crippen MR) is 90.4 cm³/mol. The predicted octanol–water partition coefficient (Wildman–Crippen LogP) is 2.09. The summed E-state index contributed by atoms with van der Waals surface area (Å²) >= 11 is 0. The molecule has 3 fully saturated rings. The average molecular weight is 343 g/mol. The van der Waals surface area contributed by atoms with Crippen molar-refractivity contribution in [3.63, 3.8) is 0 Å². The van der Waals surface area contributed by atoms with Crippen LogP contribution in [0.5, 0.6) is 0 Å². The van der Waals surface area contributed by atoms with Gasteiger partial charge < -0.3 is 4.90 Å². The van der Waals surface area contributed by atoms with E-state index in [2.05, 4.69) is 13.8 Å². The fourth-order valence-electron chi connectivity index (χ4n) is 4.05. The standard InChI is InChI=1S/C17H30N2O3S/c1-13(2)6-11-19-12-15-7-9-18(17(20)14-4-3-5-14)10-8-16(15)23(19,21)22/h13-16H,3-12H2,1-2H3/t15-,16-/m0/s1. The molecule has 6 heteroatoms. The van der Waals surface area contributed by atoms with Crippen molar-refractivity contribution >= 4 is 15.9 Å². The van der Waals surface area contributed by atoms with Gasteiger partial charge in [0.1, 0.15) is 0 Å². The van der Waals surface area contributed by atoms with Crippen LogP contribution in [0.15, 0.2) is 0 Å². The second-order valence-electron chi connectivity index (χ2n) is 7.91. The fraction of sp³-hybridized carbons (Fsp3) is 0.941. The summed E-state index contributed by atoms with van der Waals surface area (Å²) in [6.45, 7) is 6.93. The summed E-state index contributed by atoms with van der Waals surface area (Å²) in [7, 11) is -3.17. The van der Waals surface area contributed by atoms with E-state index in [0.29, 0.717) is 32.0 Å². The lowest BCUT2D eigenvalue weighted by atomic mass is 9.84. The van der Waals surface area contributed by atoms with Gasteiger partial charge in [-0.3, -0.25) is 4.79 Å². The van der Waals surface area contributed by atoms with E-state index in [1.807, 2.05) is 4.90 Å². The highest BCUT2D eigenvalue weighted by Gasteiger charge is 2.47. The van der Waals surface area contributed by atoms with Crippen molar-refractivity contribution in [3.05, 3.63) is 0 Å². The Morgan fingerprint density at radius 2 is 1.83 bits per heavy atom. The largest absolute Gasteiger partial charge is 0.342 e. The van der Waals surface area contributed by atoms with Crippen molar-refractivity contribution in [1.29, 1.82) is 0 Å². The molecule has 0 N–H and O–H groups in total. The second-order valence-corrected chi connectivity index (χ2v) is 10.1. The number of carbonyl (C=O) groups is 1. The Morgan fingerprint density at radius 1 is 1.13 bits per heavy atom. The molecule has 2 atom stereocenters. The van der Waals surface area contributed by atoms with Crippen molar-refractivity contribution in [2.75, 3.05) is 26.2 Å². The maximum Gasteiger partial charge on any atom is 0.225 e. The van der Waals surface area contributed by atoms with E-state index in [9.17, 15) is 13.2 Å². The van der Waals surface area contributed by atoms with Crippen LogP contribution in [0.1, 0.15) is 52.4 Å². The van der Waals surface area contributed by atoms with Gasteiger partial charge in [-0.05, 0) is 43.9 Å². The lowest BCUT2D eigenvalue weighted by Crippen LogP contribution is -2.40. The summed E-state index contributed by atoms with van der Waals surface area (Å²) < 4.78 is 27.3. The summed E-state index contributed by atoms with van der Waals surface area (Å²) in [5, 5.41) is -0.270. The van der Waals surface area contributed by atoms with Gasteiger partial charge in [-0.15, -0.1) is 0 Å². The molecular weight excluding hydrogens is 312 g/mol. The SMILES string of the molecule is CC(C)CCN1C[C@@H]2CCN(C(=O)C3CCC3)CC[C@@H]2S1(=O)=O. The smallest absolute Gasteiger partial charge is 0.225 e. The first-order valence-electron chi connectivity index (χ1n) is 9.17. The first kappa shape index (κ1) is 17.2. The summed E-state index contributed by atoms with van der Waals surface area (Å²) in [5.41, 5.74) is 0. The van der Waals surface area contributed by atoms with Gasteiger partial charge in [0, 0.05) is 32.1 Å². The molecule has 1 amide bonds. The monoisotopic (exact) mass is 342 g/mol. The lowest BCUT2D eigenvalue weighted by molar-refractivity contribution is -0.138. The molecule has 0 aromatic rings. The van der Waals surface area contributed by atoms with E-state index in [0.717, 1.165) is 38.6 Å². The van der Waals surface area contributed by atoms with E-state index in [-0.39, 0.29) is 23.0 Å². The number of fused-ring (bicyclic) bond motifs is 1. The minimum atomic E-state index is -3.17. The zero-order chi connectivity index (χ0) is 16.6. The number of rotatable bonds is 4. The molecular formula is C17H30N2O3S. The highest BCUT2D eigenvalue weighted by atomic mass is 32.2. The number of amides is 1. The van der Waals surface area contributed by atoms with Gasteiger partial charge in [-0.2, -0.15) is 0 Å². The molecule has 3 rings (SSSR count). The fourth-order valence-corrected chi connectivity index (χ4v) is 6.30. The molecule has 0 unspecified atom stereocenters. The maximum absolute atomic E-state index is 12.8. The molecule has 3 aliphatic rings. The Balaban J connectivity index is 1.62. The number of nitrogens with zero attached hydrogens (tertiary/aromatic N) is 2. The van der Waals surface area contributed by atoms with Gasteiger partial charge in [0.25, 0.3) is 0 Å². The molecule has 2 aliphatic heterocycles. The number of sulfonamides is 1. The molecule has 0 aromatic carbocycles. The normalized spacial score (nSPS) is 31.7. The van der Waals surface area contributed by atoms with Gasteiger partial charge in [-0.1, -0.05) is 20.3 Å². The van der Waals surface area contributed by atoms with Crippen LogP contribution in [-0.4, -0.2) is 55.0 Å². The third-order valence-electron chi connectivity index (χ3n) is 5.88. The van der Waals surface area contributed by atoms with Gasteiger partial charge in [-0.25, -0.2) is 12.7 Å². The van der Waals surface area contributed by atoms with E-state index >= 15 is 0 Å². The zero-order valence-corrected chi connectivity index (χ0v) is 15.2. The van der Waals surface area contributed by atoms with Crippen molar-refractivity contribution in [3.8, 4) is 0 Å². The van der Waals surface area contributed by atoms with Gasteiger partial charge in [0.15, 0.2) is 0 Å². The Kier molecular flexibility index (Phi) is 5.02. The van der Waals surface area contributed by atoms with Crippen LogP contribution in [0.25, 0.3) is 0 Å². The molecule has 1 saturated carbocycles. The maximum atomic E-state index is 12.8. The van der Waals surface area contributed by atoms with E-state index < -0.39 is 10.0 Å². The first-order chi connectivity index (χ1) is 10.9. The van der Waals surface area contributed by atoms with Crippen molar-refractivity contribution in [1.82, 2.24) is 9.21 Å². The summed E-state index contributed by atoms with van der Waals surface area (Å²) in [5.74, 6) is 1.20. The van der Waals surface area contributed by atoms with Crippen molar-refractivity contribution < 1.29 is 13.2 Å². The van der Waals surface area contributed by atoms with Crippen LogP contribution in [0, 0.1) is 17.8 Å². The van der Waals surface area contributed by atoms with E-state index in [4.69, 9.17) is 0 Å². The van der Waals surface area contributed by atoms with Gasteiger partial charge in [0.05, 0.1) is 5.25 Å². The number of carbonyl (C=O) groups excluding carboxylic acids is 1. The van der Waals surface area contributed by atoms with Crippen LogP contribution in [0.2, 0.25) is 0 Å².